The minimum absolute atomic E-state index is 0.0533. The number of carboxylic acid groups (broad SMARTS) is 1. The van der Waals surface area contributed by atoms with Gasteiger partial charge >= 0.3 is 5.97 Å². The molecule has 3 nitrogen and oxygen atoms in total. The van der Waals surface area contributed by atoms with E-state index in [0.717, 1.165) is 0 Å². The summed E-state index contributed by atoms with van der Waals surface area (Å²) in [4.78, 5) is 10.7. The lowest BCUT2D eigenvalue weighted by molar-refractivity contribution is 0.0696. The summed E-state index contributed by atoms with van der Waals surface area (Å²) in [5.41, 5.74) is 1.29. The normalized spacial score (nSPS) is 9.62. The lowest BCUT2D eigenvalue weighted by atomic mass is 10.0. The lowest BCUT2D eigenvalue weighted by Gasteiger charge is -2.05. The maximum atomic E-state index is 10.7. The van der Waals surface area contributed by atoms with Gasteiger partial charge in [-0.2, -0.15) is 0 Å². The van der Waals surface area contributed by atoms with E-state index in [9.17, 15) is 4.79 Å². The molecule has 0 spiro atoms. The van der Waals surface area contributed by atoms with Crippen LogP contribution in [-0.2, 0) is 0 Å². The Morgan fingerprint density at radius 3 is 2.46 bits per heavy atom. The molecule has 0 fully saturated rings. The SMILES string of the molecule is C=C(C)c1ccc(O)cc1C(=O)O. The number of aromatic carboxylic acids is 1. The van der Waals surface area contributed by atoms with E-state index in [1.54, 1.807) is 13.0 Å². The number of hydrogen-bond acceptors (Lipinski definition) is 2. The van der Waals surface area contributed by atoms with E-state index in [2.05, 4.69) is 6.58 Å². The van der Waals surface area contributed by atoms with Crippen molar-refractivity contribution in [3.63, 3.8) is 0 Å². The van der Waals surface area contributed by atoms with Crippen molar-refractivity contribution in [3.8, 4) is 5.75 Å². The summed E-state index contributed by atoms with van der Waals surface area (Å²) in [5, 5.41) is 17.9. The number of rotatable bonds is 2. The van der Waals surface area contributed by atoms with Crippen LogP contribution in [0.3, 0.4) is 0 Å². The zero-order valence-corrected chi connectivity index (χ0v) is 7.24. The largest absolute Gasteiger partial charge is 0.508 e. The number of benzene rings is 1. The monoisotopic (exact) mass is 178 g/mol. The number of aromatic hydroxyl groups is 1. The molecule has 0 amide bonds. The highest BCUT2D eigenvalue weighted by Gasteiger charge is 2.10. The molecule has 13 heavy (non-hydrogen) atoms. The predicted molar refractivity (Wildman–Crippen MR) is 49.8 cm³/mol. The molecule has 0 aliphatic heterocycles. The maximum absolute atomic E-state index is 10.7. The first-order valence-electron chi connectivity index (χ1n) is 3.74. The summed E-state index contributed by atoms with van der Waals surface area (Å²) in [5.74, 6) is -1.11. The molecule has 0 bridgehead atoms. The second-order valence-corrected chi connectivity index (χ2v) is 2.82. The third-order valence-corrected chi connectivity index (χ3v) is 1.69. The minimum atomic E-state index is -1.06. The Kier molecular flexibility index (Phi) is 2.37. The number of hydrogen-bond donors (Lipinski definition) is 2. The molecule has 1 rings (SSSR count). The number of carboxylic acids is 1. The summed E-state index contributed by atoms with van der Waals surface area (Å²) >= 11 is 0. The fourth-order valence-electron chi connectivity index (χ4n) is 1.08. The molecule has 0 aliphatic rings. The standard InChI is InChI=1S/C10H10O3/c1-6(2)8-4-3-7(11)5-9(8)10(12)13/h3-5,11H,1H2,2H3,(H,12,13). The van der Waals surface area contributed by atoms with E-state index in [1.807, 2.05) is 0 Å². The summed E-state index contributed by atoms with van der Waals surface area (Å²) in [7, 11) is 0. The average Bonchev–Trinajstić information content (AvgIpc) is 2.03. The quantitative estimate of drug-likeness (QED) is 0.729. The van der Waals surface area contributed by atoms with Crippen molar-refractivity contribution < 1.29 is 15.0 Å². The second kappa shape index (κ2) is 3.31. The van der Waals surface area contributed by atoms with E-state index in [4.69, 9.17) is 10.2 Å². The first kappa shape index (κ1) is 9.32. The number of phenolic OH excluding ortho intramolecular Hbond substituents is 1. The van der Waals surface area contributed by atoms with Crippen molar-refractivity contribution >= 4 is 11.5 Å². The van der Waals surface area contributed by atoms with Crippen molar-refractivity contribution in [1.82, 2.24) is 0 Å². The van der Waals surface area contributed by atoms with Crippen molar-refractivity contribution in [2.75, 3.05) is 0 Å². The van der Waals surface area contributed by atoms with E-state index in [0.29, 0.717) is 11.1 Å². The second-order valence-electron chi connectivity index (χ2n) is 2.82. The molecule has 3 heteroatoms. The molecule has 0 aromatic heterocycles. The summed E-state index contributed by atoms with van der Waals surface area (Å²) in [6.45, 7) is 5.37. The van der Waals surface area contributed by atoms with Crippen LogP contribution in [0.4, 0.5) is 0 Å². The Balaban J connectivity index is 3.35. The lowest BCUT2D eigenvalue weighted by Crippen LogP contribution is -2.00. The molecule has 1 aromatic rings. The highest BCUT2D eigenvalue weighted by molar-refractivity contribution is 5.94. The number of allylic oxidation sites excluding steroid dienone is 1. The van der Waals surface area contributed by atoms with Gasteiger partial charge in [-0.1, -0.05) is 18.2 Å². The zero-order chi connectivity index (χ0) is 10.0. The van der Waals surface area contributed by atoms with Gasteiger partial charge in [0, 0.05) is 0 Å². The van der Waals surface area contributed by atoms with Crippen LogP contribution in [0.25, 0.3) is 5.57 Å². The molecule has 1 aromatic carbocycles. The van der Waals surface area contributed by atoms with Crippen LogP contribution in [0.2, 0.25) is 0 Å². The van der Waals surface area contributed by atoms with E-state index in [-0.39, 0.29) is 11.3 Å². The summed E-state index contributed by atoms with van der Waals surface area (Å²) in [6.07, 6.45) is 0. The average molecular weight is 178 g/mol. The molecule has 0 saturated heterocycles. The van der Waals surface area contributed by atoms with Gasteiger partial charge in [-0.3, -0.25) is 0 Å². The molecule has 68 valence electrons. The van der Waals surface area contributed by atoms with Gasteiger partial charge in [0.2, 0.25) is 0 Å². The van der Waals surface area contributed by atoms with E-state index >= 15 is 0 Å². The van der Waals surface area contributed by atoms with Gasteiger partial charge < -0.3 is 10.2 Å². The topological polar surface area (TPSA) is 57.5 Å². The van der Waals surface area contributed by atoms with Gasteiger partial charge in [-0.25, -0.2) is 4.79 Å². The van der Waals surface area contributed by atoms with Gasteiger partial charge in [-0.15, -0.1) is 0 Å². The molecular weight excluding hydrogens is 168 g/mol. The van der Waals surface area contributed by atoms with Crippen LogP contribution < -0.4 is 0 Å². The zero-order valence-electron chi connectivity index (χ0n) is 7.24. The Bertz CT molecular complexity index is 366. The Morgan fingerprint density at radius 1 is 1.38 bits per heavy atom. The molecule has 0 atom stereocenters. The predicted octanol–water partition coefficient (Wildman–Crippen LogP) is 2.12. The maximum Gasteiger partial charge on any atom is 0.336 e. The highest BCUT2D eigenvalue weighted by atomic mass is 16.4. The van der Waals surface area contributed by atoms with Crippen molar-refractivity contribution in [1.29, 1.82) is 0 Å². The van der Waals surface area contributed by atoms with Gasteiger partial charge in [0.1, 0.15) is 5.75 Å². The van der Waals surface area contributed by atoms with Crippen molar-refractivity contribution in [3.05, 3.63) is 35.9 Å². The third kappa shape index (κ3) is 1.87. The first-order valence-corrected chi connectivity index (χ1v) is 3.74. The Hall–Kier alpha value is -1.77. The third-order valence-electron chi connectivity index (χ3n) is 1.69. The van der Waals surface area contributed by atoms with E-state index < -0.39 is 5.97 Å². The van der Waals surface area contributed by atoms with Gasteiger partial charge in [0.25, 0.3) is 0 Å². The van der Waals surface area contributed by atoms with Crippen LogP contribution in [0.5, 0.6) is 5.75 Å². The smallest absolute Gasteiger partial charge is 0.336 e. The van der Waals surface area contributed by atoms with Gasteiger partial charge in [-0.05, 0) is 24.6 Å². The molecule has 0 unspecified atom stereocenters. The van der Waals surface area contributed by atoms with Gasteiger partial charge in [0.05, 0.1) is 5.56 Å². The highest BCUT2D eigenvalue weighted by Crippen LogP contribution is 2.21. The number of phenols is 1. The summed E-state index contributed by atoms with van der Waals surface area (Å²) < 4.78 is 0. The van der Waals surface area contributed by atoms with E-state index in [1.165, 1.54) is 12.1 Å². The summed E-state index contributed by atoms with van der Waals surface area (Å²) in [6, 6.07) is 4.20. The first-order chi connectivity index (χ1) is 6.02. The molecule has 0 radical (unpaired) electrons. The van der Waals surface area contributed by atoms with Crippen LogP contribution in [0, 0.1) is 0 Å². The van der Waals surface area contributed by atoms with Crippen LogP contribution in [-0.4, -0.2) is 16.2 Å². The Morgan fingerprint density at radius 2 is 2.00 bits per heavy atom. The van der Waals surface area contributed by atoms with Crippen LogP contribution in [0.1, 0.15) is 22.8 Å². The van der Waals surface area contributed by atoms with Crippen molar-refractivity contribution in [2.24, 2.45) is 0 Å². The minimum Gasteiger partial charge on any atom is -0.508 e. The fourth-order valence-corrected chi connectivity index (χ4v) is 1.08. The molecular formula is C10H10O3. The number of carbonyl (C=O) groups is 1. The molecule has 0 heterocycles. The fraction of sp³-hybridized carbons (Fsp3) is 0.100. The Labute approximate surface area is 76.0 Å². The molecule has 2 N–H and O–H groups in total. The van der Waals surface area contributed by atoms with Crippen LogP contribution in [0.15, 0.2) is 24.8 Å². The molecule has 0 saturated carbocycles. The van der Waals surface area contributed by atoms with Crippen LogP contribution >= 0.6 is 0 Å². The van der Waals surface area contributed by atoms with Crippen molar-refractivity contribution in [2.45, 2.75) is 6.92 Å². The van der Waals surface area contributed by atoms with Gasteiger partial charge in [0.15, 0.2) is 0 Å². The molecule has 0 aliphatic carbocycles.